The Kier molecular flexibility index (Phi) is 1.89. The third-order valence-electron chi connectivity index (χ3n) is 3.15. The number of hydrogen-bond donors (Lipinski definition) is 1. The quantitative estimate of drug-likeness (QED) is 0.688. The average Bonchev–Trinajstić information content (AvgIpc) is 2.88. The van der Waals surface area contributed by atoms with E-state index in [2.05, 4.69) is 27.3 Å². The SMILES string of the molecule is Cc1cc2nnc(-n3nc(C)c(C)c3C)n2[nH]1. The predicted octanol–water partition coefficient (Wildman–Crippen LogP) is 1.48. The van der Waals surface area contributed by atoms with E-state index < -0.39 is 0 Å². The highest BCUT2D eigenvalue weighted by Gasteiger charge is 2.15. The second-order valence-electron chi connectivity index (χ2n) is 4.34. The summed E-state index contributed by atoms with van der Waals surface area (Å²) in [6, 6.07) is 1.95. The summed E-state index contributed by atoms with van der Waals surface area (Å²) in [6.45, 7) is 8.08. The molecule has 3 rings (SSSR count). The summed E-state index contributed by atoms with van der Waals surface area (Å²) in [4.78, 5) is 0. The molecule has 0 saturated carbocycles. The second kappa shape index (κ2) is 3.19. The number of aromatic amines is 1. The summed E-state index contributed by atoms with van der Waals surface area (Å²) < 4.78 is 3.66. The van der Waals surface area contributed by atoms with Crippen molar-refractivity contribution in [2.45, 2.75) is 27.7 Å². The fourth-order valence-corrected chi connectivity index (χ4v) is 1.94. The van der Waals surface area contributed by atoms with E-state index in [1.54, 1.807) is 0 Å². The van der Waals surface area contributed by atoms with Gasteiger partial charge in [-0.2, -0.15) is 9.61 Å². The van der Waals surface area contributed by atoms with Gasteiger partial charge in [0, 0.05) is 17.5 Å². The number of aromatic nitrogens is 6. The summed E-state index contributed by atoms with van der Waals surface area (Å²) in [5.74, 6) is 0.696. The van der Waals surface area contributed by atoms with Crippen LogP contribution in [0.5, 0.6) is 0 Å². The normalized spacial score (nSPS) is 11.5. The maximum absolute atomic E-state index is 4.48. The Morgan fingerprint density at radius 2 is 1.88 bits per heavy atom. The Labute approximate surface area is 98.3 Å². The number of H-pyrrole nitrogens is 1. The average molecular weight is 230 g/mol. The summed E-state index contributed by atoms with van der Waals surface area (Å²) in [6.07, 6.45) is 0. The number of nitrogens with one attached hydrogen (secondary N) is 1. The first-order valence-corrected chi connectivity index (χ1v) is 5.52. The van der Waals surface area contributed by atoms with Gasteiger partial charge in [0.05, 0.1) is 5.69 Å². The van der Waals surface area contributed by atoms with Crippen molar-refractivity contribution in [1.82, 2.24) is 29.6 Å². The Hall–Kier alpha value is -2.11. The molecule has 0 bridgehead atoms. The van der Waals surface area contributed by atoms with Gasteiger partial charge in [0.25, 0.3) is 5.95 Å². The zero-order chi connectivity index (χ0) is 12.2. The molecule has 0 fully saturated rings. The molecular formula is C11H14N6. The van der Waals surface area contributed by atoms with E-state index in [0.29, 0.717) is 5.95 Å². The largest absolute Gasteiger partial charge is 0.294 e. The molecular weight excluding hydrogens is 216 g/mol. The monoisotopic (exact) mass is 230 g/mol. The van der Waals surface area contributed by atoms with Crippen LogP contribution in [0.3, 0.4) is 0 Å². The second-order valence-corrected chi connectivity index (χ2v) is 4.34. The van der Waals surface area contributed by atoms with Gasteiger partial charge in [-0.3, -0.25) is 5.10 Å². The number of fused-ring (bicyclic) bond motifs is 1. The van der Waals surface area contributed by atoms with Crippen molar-refractivity contribution >= 4 is 5.65 Å². The van der Waals surface area contributed by atoms with Gasteiger partial charge in [-0.05, 0) is 33.3 Å². The molecule has 17 heavy (non-hydrogen) atoms. The highest BCUT2D eigenvalue weighted by atomic mass is 15.5. The molecule has 88 valence electrons. The van der Waals surface area contributed by atoms with Crippen LogP contribution in [0.15, 0.2) is 6.07 Å². The molecule has 0 aliphatic carbocycles. The number of aryl methyl sites for hydroxylation is 2. The van der Waals surface area contributed by atoms with Gasteiger partial charge in [-0.25, -0.2) is 4.68 Å². The van der Waals surface area contributed by atoms with Crippen LogP contribution in [-0.2, 0) is 0 Å². The molecule has 3 aromatic heterocycles. The minimum Gasteiger partial charge on any atom is -0.294 e. The lowest BCUT2D eigenvalue weighted by molar-refractivity contribution is 0.734. The summed E-state index contributed by atoms with van der Waals surface area (Å²) in [5.41, 5.74) is 5.15. The molecule has 0 aliphatic heterocycles. The minimum absolute atomic E-state index is 0.696. The third-order valence-corrected chi connectivity index (χ3v) is 3.15. The molecule has 0 atom stereocenters. The Bertz CT molecular complexity index is 699. The molecule has 1 N–H and O–H groups in total. The molecule has 6 heteroatoms. The number of rotatable bonds is 1. The zero-order valence-electron chi connectivity index (χ0n) is 10.3. The maximum atomic E-state index is 4.48. The molecule has 0 radical (unpaired) electrons. The molecule has 3 aromatic rings. The van der Waals surface area contributed by atoms with Crippen molar-refractivity contribution < 1.29 is 0 Å². The van der Waals surface area contributed by atoms with Crippen LogP contribution in [0.2, 0.25) is 0 Å². The lowest BCUT2D eigenvalue weighted by Crippen LogP contribution is -2.05. The summed E-state index contributed by atoms with van der Waals surface area (Å²) in [7, 11) is 0. The molecule has 0 amide bonds. The molecule has 3 heterocycles. The van der Waals surface area contributed by atoms with Crippen molar-refractivity contribution in [2.24, 2.45) is 0 Å². The zero-order valence-corrected chi connectivity index (χ0v) is 10.3. The van der Waals surface area contributed by atoms with Crippen LogP contribution in [0.1, 0.15) is 22.6 Å². The van der Waals surface area contributed by atoms with E-state index in [0.717, 1.165) is 22.7 Å². The van der Waals surface area contributed by atoms with Gasteiger partial charge < -0.3 is 0 Å². The van der Waals surface area contributed by atoms with Crippen LogP contribution >= 0.6 is 0 Å². The van der Waals surface area contributed by atoms with E-state index >= 15 is 0 Å². The van der Waals surface area contributed by atoms with E-state index in [1.165, 1.54) is 5.56 Å². The summed E-state index contributed by atoms with van der Waals surface area (Å²) >= 11 is 0. The van der Waals surface area contributed by atoms with E-state index in [9.17, 15) is 0 Å². The van der Waals surface area contributed by atoms with Gasteiger partial charge in [0.15, 0.2) is 5.65 Å². The standard InChI is InChI=1S/C11H14N6/c1-6-5-10-12-13-11(17(10)14-6)16-9(4)7(2)8(3)15-16/h5,14H,1-4H3. The Balaban J connectivity index is 2.29. The van der Waals surface area contributed by atoms with Crippen LogP contribution in [0.25, 0.3) is 11.6 Å². The third kappa shape index (κ3) is 1.30. The maximum Gasteiger partial charge on any atom is 0.271 e. The fourth-order valence-electron chi connectivity index (χ4n) is 1.94. The van der Waals surface area contributed by atoms with Gasteiger partial charge in [-0.15, -0.1) is 10.2 Å². The number of hydrogen-bond acceptors (Lipinski definition) is 3. The van der Waals surface area contributed by atoms with Gasteiger partial charge in [0.1, 0.15) is 0 Å². The van der Waals surface area contributed by atoms with Crippen molar-refractivity contribution in [2.75, 3.05) is 0 Å². The van der Waals surface area contributed by atoms with E-state index in [1.807, 2.05) is 36.0 Å². The lowest BCUT2D eigenvalue weighted by atomic mass is 10.2. The topological polar surface area (TPSA) is 63.8 Å². The lowest BCUT2D eigenvalue weighted by Gasteiger charge is -2.00. The predicted molar refractivity (Wildman–Crippen MR) is 63.4 cm³/mol. The van der Waals surface area contributed by atoms with Crippen molar-refractivity contribution in [1.29, 1.82) is 0 Å². The Morgan fingerprint density at radius 3 is 2.53 bits per heavy atom. The van der Waals surface area contributed by atoms with Gasteiger partial charge in [-0.1, -0.05) is 0 Å². The van der Waals surface area contributed by atoms with Gasteiger partial charge >= 0.3 is 0 Å². The Morgan fingerprint density at radius 1 is 1.12 bits per heavy atom. The number of nitrogens with zero attached hydrogens (tertiary/aromatic N) is 5. The molecule has 0 saturated heterocycles. The van der Waals surface area contributed by atoms with Crippen LogP contribution in [-0.4, -0.2) is 29.6 Å². The highest BCUT2D eigenvalue weighted by molar-refractivity contribution is 5.42. The molecule has 0 aliphatic rings. The smallest absolute Gasteiger partial charge is 0.271 e. The first-order chi connectivity index (χ1) is 8.08. The van der Waals surface area contributed by atoms with Crippen LogP contribution in [0.4, 0.5) is 0 Å². The first-order valence-electron chi connectivity index (χ1n) is 5.52. The van der Waals surface area contributed by atoms with Crippen LogP contribution in [0, 0.1) is 27.7 Å². The molecule has 0 unspecified atom stereocenters. The molecule has 0 aromatic carbocycles. The van der Waals surface area contributed by atoms with Crippen molar-refractivity contribution in [3.05, 3.63) is 28.7 Å². The van der Waals surface area contributed by atoms with E-state index in [-0.39, 0.29) is 0 Å². The fraction of sp³-hybridized carbons (Fsp3) is 0.364. The summed E-state index contributed by atoms with van der Waals surface area (Å²) in [5, 5.41) is 16.0. The highest BCUT2D eigenvalue weighted by Crippen LogP contribution is 2.16. The van der Waals surface area contributed by atoms with Gasteiger partial charge in [0.2, 0.25) is 0 Å². The first kappa shape index (κ1) is 10.1. The van der Waals surface area contributed by atoms with E-state index in [4.69, 9.17) is 0 Å². The van der Waals surface area contributed by atoms with Crippen molar-refractivity contribution in [3.63, 3.8) is 0 Å². The molecule has 6 nitrogen and oxygen atoms in total. The molecule has 0 spiro atoms. The van der Waals surface area contributed by atoms with Crippen molar-refractivity contribution in [3.8, 4) is 5.95 Å². The van der Waals surface area contributed by atoms with Crippen LogP contribution < -0.4 is 0 Å². The minimum atomic E-state index is 0.696.